The van der Waals surface area contributed by atoms with Crippen LogP contribution >= 0.6 is 0 Å². The van der Waals surface area contributed by atoms with Gasteiger partial charge in [0.15, 0.2) is 5.69 Å². The van der Waals surface area contributed by atoms with Gasteiger partial charge in [0.2, 0.25) is 5.91 Å². The van der Waals surface area contributed by atoms with Crippen LogP contribution in [0.25, 0.3) is 10.8 Å². The predicted molar refractivity (Wildman–Crippen MR) is 103 cm³/mol. The summed E-state index contributed by atoms with van der Waals surface area (Å²) in [4.78, 5) is 24.2. The molecule has 0 bridgehead atoms. The number of nitrogens with one attached hydrogen (secondary N) is 2. The quantitative estimate of drug-likeness (QED) is 0.630. The average molecular weight is 363 g/mol. The summed E-state index contributed by atoms with van der Waals surface area (Å²) in [5, 5.41) is 15.6. The topological polar surface area (TPSA) is 88.9 Å². The Bertz CT molecular complexity index is 979. The van der Waals surface area contributed by atoms with Crippen molar-refractivity contribution in [1.29, 1.82) is 0 Å². The van der Waals surface area contributed by atoms with E-state index in [1.54, 1.807) is 10.9 Å². The molecule has 0 spiro atoms. The summed E-state index contributed by atoms with van der Waals surface area (Å²) >= 11 is 0. The number of aryl methyl sites for hydroxylation is 1. The second-order valence-corrected chi connectivity index (χ2v) is 6.04. The second-order valence-electron chi connectivity index (χ2n) is 6.04. The molecule has 0 saturated carbocycles. The molecule has 1 heterocycles. The Labute approximate surface area is 157 Å². The van der Waals surface area contributed by atoms with Gasteiger partial charge in [-0.05, 0) is 35.4 Å². The molecule has 1 unspecified atom stereocenters. The molecule has 3 rings (SSSR count). The molecule has 1 atom stereocenters. The van der Waals surface area contributed by atoms with Gasteiger partial charge in [-0.25, -0.2) is 0 Å². The fraction of sp³-hybridized carbons (Fsp3) is 0.200. The Morgan fingerprint density at radius 3 is 2.70 bits per heavy atom. The summed E-state index contributed by atoms with van der Waals surface area (Å²) in [7, 11) is 0. The summed E-state index contributed by atoms with van der Waals surface area (Å²) < 4.78 is 1.58. The van der Waals surface area contributed by atoms with Gasteiger partial charge < -0.3 is 10.6 Å². The van der Waals surface area contributed by atoms with E-state index in [9.17, 15) is 9.59 Å². The lowest BCUT2D eigenvalue weighted by Gasteiger charge is -2.19. The van der Waals surface area contributed by atoms with Crippen molar-refractivity contribution in [3.05, 3.63) is 72.6 Å². The maximum Gasteiger partial charge on any atom is 0.274 e. The van der Waals surface area contributed by atoms with E-state index in [-0.39, 0.29) is 24.1 Å². The van der Waals surface area contributed by atoms with Crippen molar-refractivity contribution in [2.24, 2.45) is 0 Å². The molecule has 138 valence electrons. The van der Waals surface area contributed by atoms with Crippen LogP contribution in [0.2, 0.25) is 0 Å². The van der Waals surface area contributed by atoms with Crippen molar-refractivity contribution in [2.75, 3.05) is 6.54 Å². The van der Waals surface area contributed by atoms with Crippen molar-refractivity contribution in [3.8, 4) is 0 Å². The summed E-state index contributed by atoms with van der Waals surface area (Å²) in [6, 6.07) is 13.5. The SMILES string of the molecule is C=CC(=O)NCC(NC(=O)c1cn(CC)nn1)c1ccc2ccccc2c1. The van der Waals surface area contributed by atoms with Crippen LogP contribution in [0.15, 0.2) is 61.3 Å². The highest BCUT2D eigenvalue weighted by Gasteiger charge is 2.19. The minimum Gasteiger partial charge on any atom is -0.350 e. The standard InChI is InChI=1S/C20H21N5O2/c1-3-19(26)21-12-17(22-20(27)18-13-25(4-2)24-23-18)16-10-9-14-7-5-6-8-15(14)11-16/h3,5-11,13,17H,1,4,12H2,2H3,(H,21,26)(H,22,27). The molecule has 0 aliphatic carbocycles. The van der Waals surface area contributed by atoms with Crippen molar-refractivity contribution in [3.63, 3.8) is 0 Å². The van der Waals surface area contributed by atoms with Crippen LogP contribution in [0, 0.1) is 0 Å². The van der Waals surface area contributed by atoms with E-state index >= 15 is 0 Å². The first-order valence-electron chi connectivity index (χ1n) is 8.70. The number of amides is 2. The largest absolute Gasteiger partial charge is 0.350 e. The Morgan fingerprint density at radius 1 is 1.22 bits per heavy atom. The molecule has 1 aromatic heterocycles. The summed E-state index contributed by atoms with van der Waals surface area (Å²) in [5.41, 5.74) is 1.12. The molecular weight excluding hydrogens is 342 g/mol. The Hall–Kier alpha value is -3.48. The first-order chi connectivity index (χ1) is 13.1. The number of nitrogens with zero attached hydrogens (tertiary/aromatic N) is 3. The molecule has 0 radical (unpaired) electrons. The maximum absolute atomic E-state index is 12.6. The number of aromatic nitrogens is 3. The zero-order valence-electron chi connectivity index (χ0n) is 15.1. The average Bonchev–Trinajstić information content (AvgIpc) is 3.19. The normalized spacial score (nSPS) is 11.7. The van der Waals surface area contributed by atoms with Gasteiger partial charge in [-0.1, -0.05) is 48.2 Å². The fourth-order valence-corrected chi connectivity index (χ4v) is 2.74. The van der Waals surface area contributed by atoms with Crippen LogP contribution in [0.4, 0.5) is 0 Å². The van der Waals surface area contributed by atoms with E-state index in [2.05, 4.69) is 27.5 Å². The summed E-state index contributed by atoms with van der Waals surface area (Å²) in [6.07, 6.45) is 2.79. The van der Waals surface area contributed by atoms with Crippen LogP contribution in [-0.4, -0.2) is 33.4 Å². The minimum atomic E-state index is -0.419. The first-order valence-corrected chi connectivity index (χ1v) is 8.70. The molecule has 7 nitrogen and oxygen atoms in total. The zero-order chi connectivity index (χ0) is 19.2. The van der Waals surface area contributed by atoms with Gasteiger partial charge in [-0.15, -0.1) is 5.10 Å². The van der Waals surface area contributed by atoms with Gasteiger partial charge in [0.1, 0.15) is 0 Å². The first kappa shape index (κ1) is 18.3. The van der Waals surface area contributed by atoms with Gasteiger partial charge in [0.25, 0.3) is 5.91 Å². The van der Waals surface area contributed by atoms with Gasteiger partial charge in [0.05, 0.1) is 12.2 Å². The molecule has 0 aliphatic rings. The Kier molecular flexibility index (Phi) is 5.61. The molecule has 0 aliphatic heterocycles. The van der Waals surface area contributed by atoms with Crippen LogP contribution in [0.5, 0.6) is 0 Å². The highest BCUT2D eigenvalue weighted by Crippen LogP contribution is 2.20. The molecule has 3 aromatic rings. The summed E-state index contributed by atoms with van der Waals surface area (Å²) in [5.74, 6) is -0.646. The second kappa shape index (κ2) is 8.27. The molecule has 7 heteroatoms. The molecule has 2 aromatic carbocycles. The number of rotatable bonds is 7. The molecule has 27 heavy (non-hydrogen) atoms. The van der Waals surface area contributed by atoms with Crippen LogP contribution in [0.3, 0.4) is 0 Å². The van der Waals surface area contributed by atoms with Gasteiger partial charge in [-0.3, -0.25) is 14.3 Å². The smallest absolute Gasteiger partial charge is 0.274 e. The molecule has 0 saturated heterocycles. The van der Waals surface area contributed by atoms with E-state index in [0.29, 0.717) is 6.54 Å². The number of fused-ring (bicyclic) bond motifs is 1. The number of benzene rings is 2. The number of carbonyl (C=O) groups is 2. The molecule has 2 amide bonds. The summed E-state index contributed by atoms with van der Waals surface area (Å²) in [6.45, 7) is 6.23. The van der Waals surface area contributed by atoms with Crippen molar-refractivity contribution < 1.29 is 9.59 Å². The Morgan fingerprint density at radius 2 is 2.00 bits per heavy atom. The van der Waals surface area contributed by atoms with E-state index < -0.39 is 6.04 Å². The Balaban J connectivity index is 1.85. The fourth-order valence-electron chi connectivity index (χ4n) is 2.74. The monoisotopic (exact) mass is 363 g/mol. The predicted octanol–water partition coefficient (Wildman–Crippen LogP) is 2.22. The highest BCUT2D eigenvalue weighted by molar-refractivity contribution is 5.92. The number of hydrogen-bond donors (Lipinski definition) is 2. The van der Waals surface area contributed by atoms with Gasteiger partial charge in [-0.2, -0.15) is 0 Å². The van der Waals surface area contributed by atoms with Gasteiger partial charge in [0, 0.05) is 13.1 Å². The van der Waals surface area contributed by atoms with E-state index in [1.807, 2.05) is 49.4 Å². The zero-order valence-corrected chi connectivity index (χ0v) is 15.1. The molecule has 2 N–H and O–H groups in total. The van der Waals surface area contributed by atoms with E-state index in [0.717, 1.165) is 16.3 Å². The van der Waals surface area contributed by atoms with Gasteiger partial charge >= 0.3 is 0 Å². The third-order valence-corrected chi connectivity index (χ3v) is 4.24. The number of carbonyl (C=O) groups excluding carboxylic acids is 2. The highest BCUT2D eigenvalue weighted by atomic mass is 16.2. The van der Waals surface area contributed by atoms with Crippen LogP contribution < -0.4 is 10.6 Å². The van der Waals surface area contributed by atoms with E-state index in [4.69, 9.17) is 0 Å². The van der Waals surface area contributed by atoms with Crippen molar-refractivity contribution in [1.82, 2.24) is 25.6 Å². The number of hydrogen-bond acceptors (Lipinski definition) is 4. The molecular formula is C20H21N5O2. The lowest BCUT2D eigenvalue weighted by Crippen LogP contribution is -2.37. The lowest BCUT2D eigenvalue weighted by molar-refractivity contribution is -0.116. The third-order valence-electron chi connectivity index (χ3n) is 4.24. The lowest BCUT2D eigenvalue weighted by atomic mass is 10.0. The maximum atomic E-state index is 12.6. The van der Waals surface area contributed by atoms with Crippen LogP contribution in [0.1, 0.15) is 29.0 Å². The van der Waals surface area contributed by atoms with E-state index in [1.165, 1.54) is 6.08 Å². The van der Waals surface area contributed by atoms with Crippen molar-refractivity contribution >= 4 is 22.6 Å². The minimum absolute atomic E-state index is 0.233. The third kappa shape index (κ3) is 4.38. The van der Waals surface area contributed by atoms with Crippen LogP contribution in [-0.2, 0) is 11.3 Å². The van der Waals surface area contributed by atoms with Crippen molar-refractivity contribution in [2.45, 2.75) is 19.5 Å². The molecule has 0 fully saturated rings.